The zero-order chi connectivity index (χ0) is 15.5. The van der Waals surface area contributed by atoms with Crippen molar-refractivity contribution in [1.29, 1.82) is 0 Å². The number of halogens is 3. The second-order valence-corrected chi connectivity index (χ2v) is 5.10. The first-order chi connectivity index (χ1) is 9.95. The van der Waals surface area contributed by atoms with Crippen molar-refractivity contribution in [1.82, 2.24) is 4.98 Å². The Balaban J connectivity index is 2.29. The van der Waals surface area contributed by atoms with Gasteiger partial charge < -0.3 is 15.4 Å². The molecule has 0 aliphatic carbocycles. The fraction of sp³-hybridized carbons (Fsp3) is 0.615. The molecular weight excluding hydrogens is 285 g/mol. The number of hydrogen-bond acceptors (Lipinski definition) is 5. The molecule has 0 bridgehead atoms. The highest BCUT2D eigenvalue weighted by Crippen LogP contribution is 2.35. The van der Waals surface area contributed by atoms with Crippen LogP contribution in [0.15, 0.2) is 12.1 Å². The summed E-state index contributed by atoms with van der Waals surface area (Å²) in [5, 5.41) is 8.91. The predicted octanol–water partition coefficient (Wildman–Crippen LogP) is 2.13. The molecule has 1 unspecified atom stereocenters. The van der Waals surface area contributed by atoms with E-state index in [2.05, 4.69) is 10.4 Å². The first kappa shape index (κ1) is 15.8. The van der Waals surface area contributed by atoms with Crippen LogP contribution in [-0.2, 0) is 6.18 Å². The average molecular weight is 304 g/mol. The summed E-state index contributed by atoms with van der Waals surface area (Å²) >= 11 is 0. The maximum Gasteiger partial charge on any atom is 0.416 e. The molecular formula is C13H19F3N4O. The second-order valence-electron chi connectivity index (χ2n) is 5.10. The van der Waals surface area contributed by atoms with E-state index in [-0.39, 0.29) is 24.3 Å². The van der Waals surface area contributed by atoms with E-state index in [4.69, 9.17) is 10.9 Å². The normalized spacial score (nSPS) is 19.1. The lowest BCUT2D eigenvalue weighted by atomic mass is 10.1. The van der Waals surface area contributed by atoms with Gasteiger partial charge >= 0.3 is 6.18 Å². The molecule has 0 spiro atoms. The lowest BCUT2D eigenvalue weighted by molar-refractivity contribution is -0.137. The Morgan fingerprint density at radius 1 is 1.43 bits per heavy atom. The molecule has 118 valence electrons. The van der Waals surface area contributed by atoms with E-state index < -0.39 is 11.7 Å². The Hall–Kier alpha value is -1.54. The number of nitrogens with one attached hydrogen (secondary N) is 1. The van der Waals surface area contributed by atoms with Crippen LogP contribution in [0.25, 0.3) is 0 Å². The maximum absolute atomic E-state index is 12.9. The van der Waals surface area contributed by atoms with Gasteiger partial charge in [-0.2, -0.15) is 13.2 Å². The summed E-state index contributed by atoms with van der Waals surface area (Å²) in [6.45, 7) is 0.740. The van der Waals surface area contributed by atoms with Gasteiger partial charge in [0, 0.05) is 19.2 Å². The summed E-state index contributed by atoms with van der Waals surface area (Å²) in [6.07, 6.45) is -1.28. The van der Waals surface area contributed by atoms with Crippen LogP contribution in [0.5, 0.6) is 0 Å². The smallest absolute Gasteiger partial charge is 0.396 e. The number of aromatic nitrogens is 1. The van der Waals surface area contributed by atoms with Gasteiger partial charge in [-0.05, 0) is 37.8 Å². The van der Waals surface area contributed by atoms with E-state index in [1.807, 2.05) is 4.90 Å². The fourth-order valence-electron chi connectivity index (χ4n) is 2.67. The van der Waals surface area contributed by atoms with E-state index in [0.29, 0.717) is 13.0 Å². The first-order valence-electron chi connectivity index (χ1n) is 6.89. The van der Waals surface area contributed by atoms with Crippen molar-refractivity contribution < 1.29 is 18.3 Å². The number of nitrogens with zero attached hydrogens (tertiary/aromatic N) is 2. The molecule has 1 atom stereocenters. The quantitative estimate of drug-likeness (QED) is 0.574. The van der Waals surface area contributed by atoms with Crippen molar-refractivity contribution in [2.75, 3.05) is 23.5 Å². The van der Waals surface area contributed by atoms with Crippen LogP contribution >= 0.6 is 0 Å². The largest absolute Gasteiger partial charge is 0.416 e. The van der Waals surface area contributed by atoms with E-state index in [1.165, 1.54) is 0 Å². The first-order valence-corrected chi connectivity index (χ1v) is 6.89. The third-order valence-electron chi connectivity index (χ3n) is 3.65. The zero-order valence-corrected chi connectivity index (χ0v) is 11.5. The number of anilines is 2. The van der Waals surface area contributed by atoms with Gasteiger partial charge in [0.2, 0.25) is 0 Å². The van der Waals surface area contributed by atoms with Gasteiger partial charge in [-0.15, -0.1) is 0 Å². The minimum absolute atomic E-state index is 0.00682. The Labute approximate surface area is 120 Å². The van der Waals surface area contributed by atoms with Crippen molar-refractivity contribution in [3.63, 3.8) is 0 Å². The Bertz CT molecular complexity index is 481. The van der Waals surface area contributed by atoms with Gasteiger partial charge in [-0.1, -0.05) is 0 Å². The SMILES string of the molecule is NNc1cc(C(F)(F)F)cc(N2CCCC2CCCO)n1. The summed E-state index contributed by atoms with van der Waals surface area (Å²) in [5.74, 6) is 5.48. The van der Waals surface area contributed by atoms with Gasteiger partial charge in [-0.25, -0.2) is 10.8 Å². The lowest BCUT2D eigenvalue weighted by Gasteiger charge is -2.26. The molecule has 1 aliphatic rings. The van der Waals surface area contributed by atoms with Gasteiger partial charge in [-0.3, -0.25) is 0 Å². The summed E-state index contributed by atoms with van der Waals surface area (Å²) in [5.41, 5.74) is 1.41. The molecule has 2 rings (SSSR count). The van der Waals surface area contributed by atoms with Gasteiger partial charge in [0.15, 0.2) is 0 Å². The number of alkyl halides is 3. The van der Waals surface area contributed by atoms with Gasteiger partial charge in [0.25, 0.3) is 0 Å². The number of rotatable bonds is 5. The molecule has 0 amide bonds. The Morgan fingerprint density at radius 2 is 2.19 bits per heavy atom. The van der Waals surface area contributed by atoms with Crippen molar-refractivity contribution in [2.45, 2.75) is 37.9 Å². The van der Waals surface area contributed by atoms with Crippen LogP contribution < -0.4 is 16.2 Å². The Kier molecular flexibility index (Phi) is 4.89. The molecule has 21 heavy (non-hydrogen) atoms. The lowest BCUT2D eigenvalue weighted by Crippen LogP contribution is -2.30. The predicted molar refractivity (Wildman–Crippen MR) is 73.7 cm³/mol. The molecule has 5 nitrogen and oxygen atoms in total. The Morgan fingerprint density at radius 3 is 2.81 bits per heavy atom. The fourth-order valence-corrected chi connectivity index (χ4v) is 2.67. The molecule has 2 heterocycles. The molecule has 8 heteroatoms. The van der Waals surface area contributed by atoms with Crippen LogP contribution in [0.2, 0.25) is 0 Å². The van der Waals surface area contributed by atoms with Gasteiger partial charge in [0.1, 0.15) is 11.6 Å². The number of nitrogen functional groups attached to an aromatic ring is 1. The molecule has 1 fully saturated rings. The standard InChI is InChI=1S/C13H19F3N4O/c14-13(15,16)9-7-11(19-17)18-12(8-9)20-5-1-3-10(20)4-2-6-21/h7-8,10,21H,1-6,17H2,(H,18,19). The maximum atomic E-state index is 12.9. The zero-order valence-electron chi connectivity index (χ0n) is 11.5. The minimum atomic E-state index is -4.44. The highest BCUT2D eigenvalue weighted by atomic mass is 19.4. The van der Waals surface area contributed by atoms with Crippen LogP contribution in [0.3, 0.4) is 0 Å². The van der Waals surface area contributed by atoms with Crippen LogP contribution in [0.4, 0.5) is 24.8 Å². The molecule has 1 aromatic rings. The van der Waals surface area contributed by atoms with Crippen molar-refractivity contribution in [2.24, 2.45) is 5.84 Å². The summed E-state index contributed by atoms with van der Waals surface area (Å²) < 4.78 is 38.8. The molecule has 1 saturated heterocycles. The number of nitrogens with two attached hydrogens (primary N) is 1. The molecule has 1 aliphatic heterocycles. The number of hydrogen-bond donors (Lipinski definition) is 3. The summed E-state index contributed by atoms with van der Waals surface area (Å²) in [4.78, 5) is 6.00. The number of pyridine rings is 1. The van der Waals surface area contributed by atoms with E-state index in [0.717, 1.165) is 31.4 Å². The highest BCUT2D eigenvalue weighted by molar-refractivity contribution is 5.52. The minimum Gasteiger partial charge on any atom is -0.396 e. The average Bonchev–Trinajstić information content (AvgIpc) is 2.92. The van der Waals surface area contributed by atoms with Gasteiger partial charge in [0.05, 0.1) is 5.56 Å². The van der Waals surface area contributed by atoms with E-state index >= 15 is 0 Å². The third kappa shape index (κ3) is 3.76. The number of aliphatic hydroxyl groups is 1. The number of aliphatic hydroxyl groups excluding tert-OH is 1. The molecule has 0 radical (unpaired) electrons. The van der Waals surface area contributed by atoms with Crippen LogP contribution in [0.1, 0.15) is 31.2 Å². The van der Waals surface area contributed by atoms with Crippen molar-refractivity contribution >= 4 is 11.6 Å². The highest BCUT2D eigenvalue weighted by Gasteiger charge is 2.33. The van der Waals surface area contributed by atoms with Crippen LogP contribution in [-0.4, -0.2) is 29.3 Å². The van der Waals surface area contributed by atoms with E-state index in [1.54, 1.807) is 0 Å². The summed E-state index contributed by atoms with van der Waals surface area (Å²) in [6, 6.07) is 2.05. The molecule has 0 saturated carbocycles. The molecule has 0 aromatic carbocycles. The molecule has 4 N–H and O–H groups in total. The third-order valence-corrected chi connectivity index (χ3v) is 3.65. The molecule has 1 aromatic heterocycles. The van der Waals surface area contributed by atoms with Crippen molar-refractivity contribution in [3.8, 4) is 0 Å². The monoisotopic (exact) mass is 304 g/mol. The second kappa shape index (κ2) is 6.48. The van der Waals surface area contributed by atoms with E-state index in [9.17, 15) is 13.2 Å². The summed E-state index contributed by atoms with van der Waals surface area (Å²) in [7, 11) is 0. The number of hydrazine groups is 1. The topological polar surface area (TPSA) is 74.4 Å². The van der Waals surface area contributed by atoms with Crippen molar-refractivity contribution in [3.05, 3.63) is 17.7 Å². The van der Waals surface area contributed by atoms with Crippen LogP contribution in [0, 0.1) is 0 Å².